The van der Waals surface area contributed by atoms with Gasteiger partial charge in [0.05, 0.1) is 17.2 Å². The lowest BCUT2D eigenvalue weighted by molar-refractivity contribution is -0.0427. The standard InChI is InChI=1S/C27H26O5/c1-18-8-12-21(13-9-18)26(28)30-17-25-24(16-23(31-25)20-6-4-3-5-7-20)32-27(29)22-14-10-19(2)11-15-22/h3-15,23-25H,16-17H2,1-2H3/t23-,24-,25+/m0/s1. The van der Waals surface area contributed by atoms with Gasteiger partial charge in [-0.05, 0) is 43.7 Å². The van der Waals surface area contributed by atoms with Crippen molar-refractivity contribution in [1.82, 2.24) is 0 Å². The van der Waals surface area contributed by atoms with Crippen LogP contribution in [-0.4, -0.2) is 30.8 Å². The minimum atomic E-state index is -0.552. The highest BCUT2D eigenvalue weighted by Gasteiger charge is 2.39. The molecule has 1 heterocycles. The number of rotatable bonds is 6. The molecule has 0 amide bonds. The third kappa shape index (κ3) is 5.24. The fraction of sp³-hybridized carbons (Fsp3) is 0.259. The summed E-state index contributed by atoms with van der Waals surface area (Å²) in [7, 11) is 0. The molecule has 3 atom stereocenters. The summed E-state index contributed by atoms with van der Waals surface area (Å²) in [6, 6.07) is 24.2. The second kappa shape index (κ2) is 9.79. The summed E-state index contributed by atoms with van der Waals surface area (Å²) in [6.07, 6.45) is -0.826. The van der Waals surface area contributed by atoms with E-state index in [1.807, 2.05) is 68.4 Å². The molecule has 5 nitrogen and oxygen atoms in total. The van der Waals surface area contributed by atoms with E-state index in [0.29, 0.717) is 17.5 Å². The molecule has 0 radical (unpaired) electrons. The zero-order valence-corrected chi connectivity index (χ0v) is 18.2. The predicted octanol–water partition coefficient (Wildman–Crippen LogP) is 5.22. The number of hydrogen-bond acceptors (Lipinski definition) is 5. The van der Waals surface area contributed by atoms with E-state index in [0.717, 1.165) is 16.7 Å². The van der Waals surface area contributed by atoms with Crippen molar-refractivity contribution < 1.29 is 23.8 Å². The van der Waals surface area contributed by atoms with Gasteiger partial charge in [-0.3, -0.25) is 0 Å². The van der Waals surface area contributed by atoms with E-state index in [9.17, 15) is 9.59 Å². The number of esters is 2. The Morgan fingerprint density at radius 2 is 1.38 bits per heavy atom. The van der Waals surface area contributed by atoms with Crippen LogP contribution in [0.2, 0.25) is 0 Å². The highest BCUT2D eigenvalue weighted by atomic mass is 16.6. The molecule has 5 heteroatoms. The second-order valence-electron chi connectivity index (χ2n) is 8.08. The van der Waals surface area contributed by atoms with Crippen molar-refractivity contribution in [2.24, 2.45) is 0 Å². The van der Waals surface area contributed by atoms with Crippen LogP contribution in [0.1, 0.15) is 49.9 Å². The van der Waals surface area contributed by atoms with E-state index in [4.69, 9.17) is 14.2 Å². The van der Waals surface area contributed by atoms with Crippen LogP contribution in [-0.2, 0) is 14.2 Å². The number of carbonyl (C=O) groups excluding carboxylic acids is 2. The SMILES string of the molecule is Cc1ccc(C(=O)OC[C@H]2O[C@H](c3ccccc3)C[C@@H]2OC(=O)c2ccc(C)cc2)cc1. The first-order valence-corrected chi connectivity index (χ1v) is 10.7. The normalized spacial score (nSPS) is 20.0. The van der Waals surface area contributed by atoms with Crippen molar-refractivity contribution in [2.45, 2.75) is 38.6 Å². The minimum absolute atomic E-state index is 0.00187. The lowest BCUT2D eigenvalue weighted by Gasteiger charge is -2.19. The monoisotopic (exact) mass is 430 g/mol. The van der Waals surface area contributed by atoms with Crippen LogP contribution in [0, 0.1) is 13.8 Å². The molecule has 0 unspecified atom stereocenters. The van der Waals surface area contributed by atoms with E-state index in [1.165, 1.54) is 0 Å². The molecule has 1 aliphatic heterocycles. The van der Waals surface area contributed by atoms with Crippen molar-refractivity contribution >= 4 is 11.9 Å². The van der Waals surface area contributed by atoms with E-state index in [-0.39, 0.29) is 12.7 Å². The Balaban J connectivity index is 1.46. The maximum atomic E-state index is 12.7. The van der Waals surface area contributed by atoms with Crippen LogP contribution in [0.3, 0.4) is 0 Å². The summed E-state index contributed by atoms with van der Waals surface area (Å²) in [4.78, 5) is 25.2. The van der Waals surface area contributed by atoms with Gasteiger partial charge < -0.3 is 14.2 Å². The molecular weight excluding hydrogens is 404 g/mol. The number of hydrogen-bond donors (Lipinski definition) is 0. The average Bonchev–Trinajstić information content (AvgIpc) is 3.21. The molecular formula is C27H26O5. The Bertz CT molecular complexity index is 1060. The Morgan fingerprint density at radius 3 is 1.97 bits per heavy atom. The number of carbonyl (C=O) groups is 2. The van der Waals surface area contributed by atoms with Gasteiger partial charge in [-0.1, -0.05) is 65.7 Å². The Morgan fingerprint density at radius 1 is 0.812 bits per heavy atom. The molecule has 1 saturated heterocycles. The van der Waals surface area contributed by atoms with Gasteiger partial charge in [0.25, 0.3) is 0 Å². The number of aryl methyl sites for hydroxylation is 2. The van der Waals surface area contributed by atoms with Crippen molar-refractivity contribution in [2.75, 3.05) is 6.61 Å². The topological polar surface area (TPSA) is 61.8 Å². The van der Waals surface area contributed by atoms with E-state index < -0.39 is 24.1 Å². The van der Waals surface area contributed by atoms with E-state index in [2.05, 4.69) is 0 Å². The molecule has 0 N–H and O–H groups in total. The summed E-state index contributed by atoms with van der Waals surface area (Å²) in [5.74, 6) is -0.845. The molecule has 164 valence electrons. The van der Waals surface area contributed by atoms with E-state index in [1.54, 1.807) is 24.3 Å². The van der Waals surface area contributed by atoms with Crippen molar-refractivity contribution in [3.63, 3.8) is 0 Å². The lowest BCUT2D eigenvalue weighted by Crippen LogP contribution is -2.32. The molecule has 0 aliphatic carbocycles. The maximum Gasteiger partial charge on any atom is 0.338 e. The van der Waals surface area contributed by atoms with Gasteiger partial charge in [-0.15, -0.1) is 0 Å². The Kier molecular flexibility index (Phi) is 6.66. The summed E-state index contributed by atoms with van der Waals surface area (Å²) < 4.78 is 17.5. The summed E-state index contributed by atoms with van der Waals surface area (Å²) in [6.45, 7) is 3.92. The average molecular weight is 431 g/mol. The molecule has 3 aromatic rings. The first kappa shape index (κ1) is 21.8. The molecule has 32 heavy (non-hydrogen) atoms. The summed E-state index contributed by atoms with van der Waals surface area (Å²) >= 11 is 0. The highest BCUT2D eigenvalue weighted by molar-refractivity contribution is 5.90. The predicted molar refractivity (Wildman–Crippen MR) is 121 cm³/mol. The summed E-state index contributed by atoms with van der Waals surface area (Å²) in [5.41, 5.74) is 4.08. The molecule has 0 bridgehead atoms. The van der Waals surface area contributed by atoms with Gasteiger partial charge in [0.2, 0.25) is 0 Å². The molecule has 1 aliphatic rings. The zero-order valence-electron chi connectivity index (χ0n) is 18.2. The first-order valence-electron chi connectivity index (χ1n) is 10.7. The fourth-order valence-electron chi connectivity index (χ4n) is 3.70. The summed E-state index contributed by atoms with van der Waals surface area (Å²) in [5, 5.41) is 0. The van der Waals surface area contributed by atoms with Crippen LogP contribution in [0.25, 0.3) is 0 Å². The maximum absolute atomic E-state index is 12.7. The van der Waals surface area contributed by atoms with Crippen LogP contribution in [0.5, 0.6) is 0 Å². The van der Waals surface area contributed by atoms with Gasteiger partial charge in [0.15, 0.2) is 0 Å². The lowest BCUT2D eigenvalue weighted by atomic mass is 10.0. The first-order chi connectivity index (χ1) is 15.5. The number of ether oxygens (including phenoxy) is 3. The Labute approximate surface area is 187 Å². The molecule has 0 spiro atoms. The van der Waals surface area contributed by atoms with E-state index >= 15 is 0 Å². The quantitative estimate of drug-likeness (QED) is 0.502. The fourth-order valence-corrected chi connectivity index (χ4v) is 3.70. The second-order valence-corrected chi connectivity index (χ2v) is 8.08. The largest absolute Gasteiger partial charge is 0.459 e. The minimum Gasteiger partial charge on any atom is -0.459 e. The van der Waals surface area contributed by atoms with Crippen molar-refractivity contribution in [1.29, 1.82) is 0 Å². The molecule has 4 rings (SSSR count). The number of benzene rings is 3. The molecule has 3 aromatic carbocycles. The van der Waals surface area contributed by atoms with Crippen LogP contribution in [0.15, 0.2) is 78.9 Å². The van der Waals surface area contributed by atoms with Crippen molar-refractivity contribution in [3.8, 4) is 0 Å². The van der Waals surface area contributed by atoms with Gasteiger partial charge in [-0.2, -0.15) is 0 Å². The highest BCUT2D eigenvalue weighted by Crippen LogP contribution is 2.35. The zero-order chi connectivity index (χ0) is 22.5. The third-order valence-corrected chi connectivity index (χ3v) is 5.58. The van der Waals surface area contributed by atoms with Gasteiger partial charge in [0, 0.05) is 6.42 Å². The molecule has 1 fully saturated rings. The van der Waals surface area contributed by atoms with Gasteiger partial charge >= 0.3 is 11.9 Å². The van der Waals surface area contributed by atoms with Crippen LogP contribution in [0.4, 0.5) is 0 Å². The van der Waals surface area contributed by atoms with Gasteiger partial charge in [-0.25, -0.2) is 9.59 Å². The van der Waals surface area contributed by atoms with Crippen LogP contribution >= 0.6 is 0 Å². The van der Waals surface area contributed by atoms with Crippen LogP contribution < -0.4 is 0 Å². The van der Waals surface area contributed by atoms with Gasteiger partial charge in [0.1, 0.15) is 18.8 Å². The third-order valence-electron chi connectivity index (χ3n) is 5.58. The smallest absolute Gasteiger partial charge is 0.338 e. The molecule has 0 saturated carbocycles. The van der Waals surface area contributed by atoms with Crippen molar-refractivity contribution in [3.05, 3.63) is 107 Å². The Hall–Kier alpha value is -3.44. The molecule has 0 aromatic heterocycles.